The molecular formula is C25H27N7O. The number of aromatic nitrogens is 5. The van der Waals surface area contributed by atoms with Gasteiger partial charge in [-0.25, -0.2) is 15.0 Å². The van der Waals surface area contributed by atoms with Crippen molar-refractivity contribution in [1.29, 1.82) is 0 Å². The van der Waals surface area contributed by atoms with E-state index < -0.39 is 0 Å². The molecule has 0 amide bonds. The van der Waals surface area contributed by atoms with Crippen LogP contribution in [0.2, 0.25) is 0 Å². The number of hydrogen-bond donors (Lipinski definition) is 2. The predicted molar refractivity (Wildman–Crippen MR) is 128 cm³/mol. The first-order chi connectivity index (χ1) is 15.9. The Bertz CT molecular complexity index is 1360. The maximum Gasteiger partial charge on any atom is 0.200 e. The average Bonchev–Trinajstić information content (AvgIpc) is 3.04. The van der Waals surface area contributed by atoms with E-state index in [0.717, 1.165) is 66.1 Å². The summed E-state index contributed by atoms with van der Waals surface area (Å²) in [5.41, 5.74) is 13.2. The van der Waals surface area contributed by atoms with Crippen LogP contribution in [0.1, 0.15) is 37.1 Å². The molecule has 0 spiro atoms. The number of pyridine rings is 1. The number of fused-ring (bicyclic) bond motifs is 3. The molecule has 33 heavy (non-hydrogen) atoms. The highest BCUT2D eigenvalue weighted by atomic mass is 16.5. The molecule has 1 aliphatic heterocycles. The van der Waals surface area contributed by atoms with Crippen molar-refractivity contribution in [1.82, 2.24) is 24.9 Å². The number of anilines is 2. The number of nitrogens with zero attached hydrogens (tertiary/aromatic N) is 5. The monoisotopic (exact) mass is 441 g/mol. The van der Waals surface area contributed by atoms with E-state index in [1.807, 2.05) is 12.3 Å². The number of H-pyrrole nitrogens is 1. The molecule has 2 aliphatic rings. The number of nitrogens with two attached hydrogens (primary N) is 1. The summed E-state index contributed by atoms with van der Waals surface area (Å²) >= 11 is 0. The lowest BCUT2D eigenvalue weighted by atomic mass is 9.76. The van der Waals surface area contributed by atoms with Gasteiger partial charge < -0.3 is 20.4 Å². The van der Waals surface area contributed by atoms with Crippen LogP contribution in [-0.2, 0) is 19.4 Å². The molecule has 1 aliphatic carbocycles. The van der Waals surface area contributed by atoms with Crippen LogP contribution in [0.4, 0.5) is 11.8 Å². The standard InChI is InChI=1S/C25H27N7O/c1-25(2)6-5-19-18(11-25)23(29-14-28-19)32-7-8-33-21-4-3-15(9-17(21)13-32)16-10-20-22(27-12-16)31-24(26)30-20/h3-4,9-10,12,14H,5-8,11,13H2,1-2H3,(H3,26,27,30,31). The van der Waals surface area contributed by atoms with Gasteiger partial charge >= 0.3 is 0 Å². The molecule has 8 heteroatoms. The second-order valence-corrected chi connectivity index (χ2v) is 9.77. The molecule has 1 aromatic carbocycles. The summed E-state index contributed by atoms with van der Waals surface area (Å²) in [6.45, 7) is 6.81. The summed E-state index contributed by atoms with van der Waals surface area (Å²) in [4.78, 5) is 23.4. The minimum Gasteiger partial charge on any atom is -0.491 e. The number of aromatic amines is 1. The van der Waals surface area contributed by atoms with E-state index in [9.17, 15) is 0 Å². The minimum absolute atomic E-state index is 0.265. The lowest BCUT2D eigenvalue weighted by Crippen LogP contribution is -2.31. The van der Waals surface area contributed by atoms with Gasteiger partial charge in [-0.3, -0.25) is 0 Å². The van der Waals surface area contributed by atoms with Gasteiger partial charge in [-0.1, -0.05) is 19.9 Å². The Morgan fingerprint density at radius 2 is 2.03 bits per heavy atom. The van der Waals surface area contributed by atoms with Crippen molar-refractivity contribution in [2.45, 2.75) is 39.7 Å². The number of nitrogen functional groups attached to an aromatic ring is 1. The number of ether oxygens (including phenoxy) is 1. The Balaban J connectivity index is 1.36. The summed E-state index contributed by atoms with van der Waals surface area (Å²) in [7, 11) is 0. The molecule has 6 rings (SSSR count). The van der Waals surface area contributed by atoms with Crippen LogP contribution in [0.25, 0.3) is 22.3 Å². The van der Waals surface area contributed by atoms with Crippen LogP contribution >= 0.6 is 0 Å². The molecule has 168 valence electrons. The molecule has 0 atom stereocenters. The van der Waals surface area contributed by atoms with E-state index in [-0.39, 0.29) is 5.41 Å². The number of imidazole rings is 1. The van der Waals surface area contributed by atoms with Crippen molar-refractivity contribution in [3.05, 3.63) is 53.6 Å². The lowest BCUT2D eigenvalue weighted by Gasteiger charge is -2.33. The number of benzene rings is 1. The fraction of sp³-hybridized carbons (Fsp3) is 0.360. The van der Waals surface area contributed by atoms with Crippen molar-refractivity contribution in [3.63, 3.8) is 0 Å². The molecule has 0 fully saturated rings. The largest absolute Gasteiger partial charge is 0.491 e. The van der Waals surface area contributed by atoms with Gasteiger partial charge in [-0.05, 0) is 48.4 Å². The van der Waals surface area contributed by atoms with E-state index >= 15 is 0 Å². The number of nitrogens with one attached hydrogen (secondary N) is 1. The Morgan fingerprint density at radius 1 is 1.12 bits per heavy atom. The van der Waals surface area contributed by atoms with Gasteiger partial charge in [0.05, 0.1) is 12.1 Å². The van der Waals surface area contributed by atoms with Crippen molar-refractivity contribution in [2.24, 2.45) is 5.41 Å². The molecule has 3 N–H and O–H groups in total. The van der Waals surface area contributed by atoms with E-state index in [1.54, 1.807) is 6.33 Å². The third-order valence-electron chi connectivity index (χ3n) is 6.73. The zero-order valence-electron chi connectivity index (χ0n) is 18.9. The molecule has 3 aromatic heterocycles. The first kappa shape index (κ1) is 20.0. The van der Waals surface area contributed by atoms with Gasteiger partial charge in [-0.2, -0.15) is 4.98 Å². The fourth-order valence-electron chi connectivity index (χ4n) is 4.96. The van der Waals surface area contributed by atoms with Gasteiger partial charge in [-0.15, -0.1) is 0 Å². The molecule has 0 bridgehead atoms. The Kier molecular flexibility index (Phi) is 4.50. The van der Waals surface area contributed by atoms with Crippen LogP contribution in [0, 0.1) is 5.41 Å². The van der Waals surface area contributed by atoms with Crippen molar-refractivity contribution in [3.8, 4) is 16.9 Å². The molecule has 0 saturated carbocycles. The van der Waals surface area contributed by atoms with Gasteiger partial charge in [0.15, 0.2) is 11.6 Å². The molecule has 4 aromatic rings. The normalized spacial score (nSPS) is 17.2. The minimum atomic E-state index is 0.265. The molecule has 0 radical (unpaired) electrons. The maximum atomic E-state index is 6.12. The molecule has 0 saturated heterocycles. The van der Waals surface area contributed by atoms with Crippen molar-refractivity contribution >= 4 is 22.9 Å². The van der Waals surface area contributed by atoms with Gasteiger partial charge in [0, 0.05) is 35.1 Å². The highest BCUT2D eigenvalue weighted by Gasteiger charge is 2.30. The highest BCUT2D eigenvalue weighted by molar-refractivity contribution is 5.79. The first-order valence-corrected chi connectivity index (χ1v) is 11.4. The zero-order valence-corrected chi connectivity index (χ0v) is 18.9. The van der Waals surface area contributed by atoms with E-state index in [4.69, 9.17) is 15.5 Å². The lowest BCUT2D eigenvalue weighted by molar-refractivity contribution is 0.310. The van der Waals surface area contributed by atoms with Crippen LogP contribution in [0.15, 0.2) is 36.8 Å². The van der Waals surface area contributed by atoms with Gasteiger partial charge in [0.2, 0.25) is 0 Å². The number of rotatable bonds is 2. The maximum absolute atomic E-state index is 6.12. The Morgan fingerprint density at radius 3 is 2.94 bits per heavy atom. The van der Waals surface area contributed by atoms with E-state index in [2.05, 4.69) is 56.9 Å². The highest BCUT2D eigenvalue weighted by Crippen LogP contribution is 2.39. The number of hydrogen-bond acceptors (Lipinski definition) is 7. The Labute approximate surface area is 192 Å². The molecule has 0 unspecified atom stereocenters. The SMILES string of the molecule is CC1(C)CCc2ncnc(N3CCOc4ccc(-c5cnc6nc(N)[nH]c6c5)cc4C3)c2C1. The summed E-state index contributed by atoms with van der Waals surface area (Å²) in [6, 6.07) is 8.35. The van der Waals surface area contributed by atoms with Crippen LogP contribution in [0.5, 0.6) is 5.75 Å². The zero-order chi connectivity index (χ0) is 22.6. The number of aryl methyl sites for hydroxylation is 1. The van der Waals surface area contributed by atoms with Gasteiger partial charge in [0.25, 0.3) is 0 Å². The molecular weight excluding hydrogens is 414 g/mol. The average molecular weight is 442 g/mol. The third kappa shape index (κ3) is 3.65. The van der Waals surface area contributed by atoms with Crippen molar-refractivity contribution < 1.29 is 4.74 Å². The van der Waals surface area contributed by atoms with E-state index in [0.29, 0.717) is 18.2 Å². The summed E-state index contributed by atoms with van der Waals surface area (Å²) in [5, 5.41) is 0. The molecule has 8 nitrogen and oxygen atoms in total. The second-order valence-electron chi connectivity index (χ2n) is 9.77. The summed E-state index contributed by atoms with van der Waals surface area (Å²) < 4.78 is 6.12. The van der Waals surface area contributed by atoms with Crippen LogP contribution < -0.4 is 15.4 Å². The van der Waals surface area contributed by atoms with Crippen LogP contribution in [0.3, 0.4) is 0 Å². The van der Waals surface area contributed by atoms with Gasteiger partial charge in [0.1, 0.15) is 24.5 Å². The molecule has 4 heterocycles. The summed E-state index contributed by atoms with van der Waals surface area (Å²) in [6.07, 6.45) is 6.72. The quantitative estimate of drug-likeness (QED) is 0.486. The predicted octanol–water partition coefficient (Wildman–Crippen LogP) is 3.91. The van der Waals surface area contributed by atoms with Crippen LogP contribution in [-0.4, -0.2) is 38.1 Å². The second kappa shape index (κ2) is 7.43. The summed E-state index contributed by atoms with van der Waals surface area (Å²) in [5.74, 6) is 2.34. The smallest absolute Gasteiger partial charge is 0.200 e. The Hall–Kier alpha value is -3.68. The fourth-order valence-corrected chi connectivity index (χ4v) is 4.96. The third-order valence-corrected chi connectivity index (χ3v) is 6.73. The van der Waals surface area contributed by atoms with E-state index in [1.165, 1.54) is 11.3 Å². The first-order valence-electron chi connectivity index (χ1n) is 11.4. The van der Waals surface area contributed by atoms with Crippen molar-refractivity contribution in [2.75, 3.05) is 23.8 Å². The topological polar surface area (TPSA) is 106 Å².